The summed E-state index contributed by atoms with van der Waals surface area (Å²) in [6, 6.07) is 4.05. The van der Waals surface area contributed by atoms with Crippen molar-refractivity contribution in [2.45, 2.75) is 81.0 Å². The third-order valence-electron chi connectivity index (χ3n) is 10.7. The zero-order valence-electron chi connectivity index (χ0n) is 34.9. The van der Waals surface area contributed by atoms with E-state index in [-0.39, 0.29) is 63.4 Å². The summed E-state index contributed by atoms with van der Waals surface area (Å²) in [4.78, 5) is 41.8. The van der Waals surface area contributed by atoms with Gasteiger partial charge in [-0.05, 0) is 70.3 Å². The van der Waals surface area contributed by atoms with Crippen molar-refractivity contribution in [3.05, 3.63) is 88.2 Å². The Labute approximate surface area is 363 Å². The number of nitrogens with two attached hydrogens (primary N) is 1. The fourth-order valence-electron chi connectivity index (χ4n) is 7.64. The quantitative estimate of drug-likeness (QED) is 0.110. The van der Waals surface area contributed by atoms with Gasteiger partial charge in [0.05, 0.1) is 54.1 Å². The minimum absolute atomic E-state index is 0.0106. The largest absolute Gasteiger partial charge is 0.504 e. The smallest absolute Gasteiger partial charge is 0.341 e. The van der Waals surface area contributed by atoms with Crippen molar-refractivity contribution in [1.29, 1.82) is 0 Å². The molecule has 1 fully saturated rings. The number of aromatic hydroxyl groups is 1. The highest BCUT2D eigenvalue weighted by atomic mass is 35.5. The van der Waals surface area contributed by atoms with Crippen molar-refractivity contribution in [3.8, 4) is 46.7 Å². The predicted molar refractivity (Wildman–Crippen MR) is 225 cm³/mol. The molecule has 2 aromatic rings. The number of allylic oxidation sites excluding steroid dienone is 3. The molecular weight excluding hydrogens is 826 g/mol. The maximum Gasteiger partial charge on any atom is 0.341 e. The van der Waals surface area contributed by atoms with Crippen LogP contribution in [0.2, 0.25) is 5.02 Å². The van der Waals surface area contributed by atoms with Crippen LogP contribution in [0, 0.1) is 23.7 Å². The van der Waals surface area contributed by atoms with Gasteiger partial charge in [-0.1, -0.05) is 47.9 Å². The zero-order valence-corrected chi connectivity index (χ0v) is 35.7. The molecule has 0 spiro atoms. The Bertz CT molecular complexity index is 2340. The Morgan fingerprint density at radius 1 is 1.13 bits per heavy atom. The number of likely N-dealkylation sites (N-methyl/N-ethyl adjacent to an activating group) is 1. The number of anilines is 1. The minimum Gasteiger partial charge on any atom is -0.504 e. The van der Waals surface area contributed by atoms with Crippen LogP contribution in [0.25, 0.3) is 0 Å². The van der Waals surface area contributed by atoms with Crippen LogP contribution < -0.4 is 25.3 Å². The molecule has 2 aliphatic heterocycles. The van der Waals surface area contributed by atoms with Gasteiger partial charge in [-0.2, -0.15) is 0 Å². The van der Waals surface area contributed by atoms with Crippen molar-refractivity contribution in [1.82, 2.24) is 4.90 Å². The van der Waals surface area contributed by atoms with Gasteiger partial charge in [0, 0.05) is 30.2 Å². The molecular formula is C45H48ClN3O13. The number of carbonyl (C=O) groups is 3. The van der Waals surface area contributed by atoms with Crippen LogP contribution in [-0.2, 0) is 28.5 Å². The van der Waals surface area contributed by atoms with Crippen molar-refractivity contribution in [3.63, 3.8) is 0 Å². The number of phenolic OH excluding ortho intramolecular Hbond substituents is 1. The third kappa shape index (κ3) is 9.62. The number of aliphatic hydroxyl groups is 2. The molecule has 0 saturated carbocycles. The maximum atomic E-state index is 14.1. The lowest BCUT2D eigenvalue weighted by Gasteiger charge is -2.51. The van der Waals surface area contributed by atoms with Crippen LogP contribution in [0.15, 0.2) is 72.1 Å². The highest BCUT2D eigenvalue weighted by Crippen LogP contribution is 2.41. The van der Waals surface area contributed by atoms with E-state index in [4.69, 9.17) is 50.5 Å². The summed E-state index contributed by atoms with van der Waals surface area (Å²) < 4.78 is 40.5. The van der Waals surface area contributed by atoms with E-state index < -0.39 is 72.3 Å². The summed E-state index contributed by atoms with van der Waals surface area (Å²) in [5.41, 5.74) is 4.86. The van der Waals surface area contributed by atoms with Crippen LogP contribution in [-0.4, -0.2) is 115 Å². The average molecular weight is 874 g/mol. The van der Waals surface area contributed by atoms with Gasteiger partial charge in [0.15, 0.2) is 35.4 Å². The molecule has 6 N–H and O–H groups in total. The normalized spacial score (nSPS) is 24.5. The number of amides is 1. The number of carbonyl (C=O) groups excluding carboxylic acids is 3. The van der Waals surface area contributed by atoms with Crippen molar-refractivity contribution in [2.75, 3.05) is 40.2 Å². The lowest BCUT2D eigenvalue weighted by atomic mass is 9.85. The number of rotatable bonds is 13. The number of esters is 2. The Morgan fingerprint density at radius 3 is 2.58 bits per heavy atom. The first-order valence-corrected chi connectivity index (χ1v) is 19.8. The summed E-state index contributed by atoms with van der Waals surface area (Å²) in [6.07, 6.45) is 1.58. The van der Waals surface area contributed by atoms with E-state index in [2.05, 4.69) is 35.6 Å². The van der Waals surface area contributed by atoms with Crippen molar-refractivity contribution >= 4 is 35.1 Å². The van der Waals surface area contributed by atoms with Crippen LogP contribution in [0.3, 0.4) is 0 Å². The number of phenols is 1. The highest BCUT2D eigenvalue weighted by Gasteiger charge is 2.53. The first-order valence-electron chi connectivity index (χ1n) is 19.5. The molecule has 2 unspecified atom stereocenters. The number of hydrogen-bond donors (Lipinski definition) is 5. The van der Waals surface area contributed by atoms with Gasteiger partial charge >= 0.3 is 11.9 Å². The topological polar surface area (TPSA) is 218 Å². The molecule has 62 heavy (non-hydrogen) atoms. The molecule has 2 heterocycles. The summed E-state index contributed by atoms with van der Waals surface area (Å²) >= 11 is 6.24. The van der Waals surface area contributed by atoms with Gasteiger partial charge in [0.2, 0.25) is 0 Å². The van der Waals surface area contributed by atoms with Crippen LogP contribution in [0.4, 0.5) is 5.69 Å². The van der Waals surface area contributed by atoms with E-state index in [9.17, 15) is 29.7 Å². The standard InChI is InChI=1S/C45H48ClN3O13/c1-24-41(54)48-36-29(20-28(56-6)21-33(36)59-24)42(55)60-34(23-58-35(51)22-31(47)26-18-30(46)39(57-7)32(50)19-26)25-12-9-8-10-16-45(17-11-13-27(45)15-14-25)62-43-38(53)37(52)40(49(4)5)44(2,3)61-43/h11-13,17-21,31,34,37-38,40,43,50,52-53H,1,10,16,22-23,47H2,2-7H3,(H,48,54)/t31-,34?,37-,38+,40-,43-,45?/m0/s1. The number of benzene rings is 2. The minimum atomic E-state index is -1.42. The number of fused-ring (bicyclic) bond motifs is 2. The molecule has 0 aromatic heterocycles. The summed E-state index contributed by atoms with van der Waals surface area (Å²) in [7, 11) is 6.28. The second-order valence-electron chi connectivity index (χ2n) is 15.6. The van der Waals surface area contributed by atoms with Gasteiger partial charge in [0.25, 0.3) is 5.91 Å². The number of nitrogens with zero attached hydrogens (tertiary/aromatic N) is 1. The fraction of sp³-hybridized carbons (Fsp3) is 0.400. The van der Waals surface area contributed by atoms with Crippen molar-refractivity contribution in [2.24, 2.45) is 5.73 Å². The molecule has 328 valence electrons. The Kier molecular flexibility index (Phi) is 13.8. The average Bonchev–Trinajstić information content (AvgIpc) is 3.60. The molecule has 17 heteroatoms. The molecule has 2 aromatic carbocycles. The molecule has 7 atom stereocenters. The second kappa shape index (κ2) is 18.7. The number of ether oxygens (including phenoxy) is 7. The van der Waals surface area contributed by atoms with Crippen LogP contribution >= 0.6 is 11.6 Å². The molecule has 0 radical (unpaired) electrons. The molecule has 2 aliphatic carbocycles. The number of aliphatic hydroxyl groups excluding tert-OH is 2. The second-order valence-corrected chi connectivity index (χ2v) is 16.0. The molecule has 0 bridgehead atoms. The number of methoxy groups -OCH3 is 2. The fourth-order valence-corrected chi connectivity index (χ4v) is 7.94. The van der Waals surface area contributed by atoms with Gasteiger partial charge in [-0.25, -0.2) is 4.79 Å². The monoisotopic (exact) mass is 873 g/mol. The Balaban J connectivity index is 1.31. The Morgan fingerprint density at radius 2 is 1.89 bits per heavy atom. The molecule has 1 saturated heterocycles. The molecule has 4 aliphatic rings. The van der Waals surface area contributed by atoms with Gasteiger partial charge in [0.1, 0.15) is 30.2 Å². The molecule has 1 amide bonds. The predicted octanol–water partition coefficient (Wildman–Crippen LogP) is 3.83. The van der Waals surface area contributed by atoms with E-state index in [1.165, 1.54) is 44.6 Å². The summed E-state index contributed by atoms with van der Waals surface area (Å²) in [5, 5.41) is 35.5. The van der Waals surface area contributed by atoms with Crippen molar-refractivity contribution < 1.29 is 62.9 Å². The third-order valence-corrected chi connectivity index (χ3v) is 10.9. The van der Waals surface area contributed by atoms with E-state index in [0.29, 0.717) is 17.6 Å². The first kappa shape index (κ1) is 45.7. The van der Waals surface area contributed by atoms with E-state index in [0.717, 1.165) is 0 Å². The lowest BCUT2D eigenvalue weighted by Crippen LogP contribution is -2.67. The van der Waals surface area contributed by atoms with E-state index in [1.54, 1.807) is 51.1 Å². The van der Waals surface area contributed by atoms with Crippen LogP contribution in [0.5, 0.6) is 23.0 Å². The van der Waals surface area contributed by atoms with Gasteiger partial charge < -0.3 is 64.4 Å². The zero-order chi connectivity index (χ0) is 45.1. The molecule has 6 rings (SSSR count). The lowest BCUT2D eigenvalue weighted by molar-refractivity contribution is -0.326. The maximum absolute atomic E-state index is 14.1. The van der Waals surface area contributed by atoms with Gasteiger partial charge in [-0.15, -0.1) is 0 Å². The number of nitrogens with one attached hydrogen (secondary N) is 1. The summed E-state index contributed by atoms with van der Waals surface area (Å²) in [5.74, 6) is 9.51. The SMILES string of the molecule is C=C1Oc2cc(OC)cc(C(=O)OC(COC(=O)C[C@H](N)c3cc(O)c(OC)c(Cl)c3)C3=CC#CCCC4(O[C@@H]5OC(C)(C)[C@@H](N(C)C)[C@@H](O)[C@H]5O)C=CC=C4C#C3)c2NC1=O. The van der Waals surface area contributed by atoms with Crippen LogP contribution in [0.1, 0.15) is 55.1 Å². The van der Waals surface area contributed by atoms with E-state index >= 15 is 0 Å². The number of hydrogen-bond acceptors (Lipinski definition) is 15. The summed E-state index contributed by atoms with van der Waals surface area (Å²) in [6.45, 7) is 6.62. The molecule has 16 nitrogen and oxygen atoms in total. The number of halogens is 1. The Hall–Kier alpha value is -5.82. The first-order chi connectivity index (χ1) is 29.4. The highest BCUT2D eigenvalue weighted by molar-refractivity contribution is 6.32. The van der Waals surface area contributed by atoms with Gasteiger partial charge in [-0.3, -0.25) is 9.59 Å². The van der Waals surface area contributed by atoms with E-state index in [1.807, 2.05) is 0 Å².